The SMILES string of the molecule is Cc1ccc(/C=C\C2=NC(C)(C)CO2)cc1. The van der Waals surface area contributed by atoms with Crippen LogP contribution in [-0.4, -0.2) is 18.0 Å². The summed E-state index contributed by atoms with van der Waals surface area (Å²) in [5.41, 5.74) is 2.36. The van der Waals surface area contributed by atoms with Crippen LogP contribution in [0.3, 0.4) is 0 Å². The molecule has 1 aliphatic heterocycles. The lowest BCUT2D eigenvalue weighted by Gasteiger charge is -2.07. The van der Waals surface area contributed by atoms with E-state index in [0.717, 1.165) is 5.90 Å². The van der Waals surface area contributed by atoms with Crippen molar-refractivity contribution in [2.75, 3.05) is 6.61 Å². The van der Waals surface area contributed by atoms with Crippen molar-refractivity contribution in [3.05, 3.63) is 41.5 Å². The first-order valence-corrected chi connectivity index (χ1v) is 5.53. The molecule has 0 spiro atoms. The first-order valence-electron chi connectivity index (χ1n) is 5.53. The maximum atomic E-state index is 5.48. The molecule has 2 nitrogen and oxygen atoms in total. The van der Waals surface area contributed by atoms with Crippen molar-refractivity contribution >= 4 is 12.0 Å². The molecule has 1 aromatic carbocycles. The molecular weight excluding hydrogens is 198 g/mol. The van der Waals surface area contributed by atoms with E-state index < -0.39 is 0 Å². The van der Waals surface area contributed by atoms with Crippen LogP contribution in [0, 0.1) is 6.92 Å². The van der Waals surface area contributed by atoms with Crippen molar-refractivity contribution in [3.8, 4) is 0 Å². The van der Waals surface area contributed by atoms with Crippen molar-refractivity contribution in [1.82, 2.24) is 0 Å². The van der Waals surface area contributed by atoms with Crippen LogP contribution in [0.4, 0.5) is 0 Å². The highest BCUT2D eigenvalue weighted by Gasteiger charge is 2.24. The number of benzene rings is 1. The average molecular weight is 215 g/mol. The number of hydrogen-bond donors (Lipinski definition) is 0. The van der Waals surface area contributed by atoms with Gasteiger partial charge < -0.3 is 4.74 Å². The van der Waals surface area contributed by atoms with Crippen molar-refractivity contribution in [1.29, 1.82) is 0 Å². The Bertz CT molecular complexity index is 427. The predicted molar refractivity (Wildman–Crippen MR) is 67.7 cm³/mol. The first-order chi connectivity index (χ1) is 7.55. The summed E-state index contributed by atoms with van der Waals surface area (Å²) in [7, 11) is 0. The third kappa shape index (κ3) is 2.72. The van der Waals surface area contributed by atoms with Crippen LogP contribution in [0.1, 0.15) is 25.0 Å². The Kier molecular flexibility index (Phi) is 2.82. The van der Waals surface area contributed by atoms with Crippen molar-refractivity contribution < 1.29 is 4.74 Å². The highest BCUT2D eigenvalue weighted by atomic mass is 16.5. The minimum atomic E-state index is -0.0764. The molecule has 0 aliphatic carbocycles. The second-order valence-electron chi connectivity index (χ2n) is 4.80. The average Bonchev–Trinajstić information content (AvgIpc) is 2.58. The fraction of sp³-hybridized carbons (Fsp3) is 0.357. The van der Waals surface area contributed by atoms with Gasteiger partial charge in [-0.05, 0) is 32.4 Å². The highest BCUT2D eigenvalue weighted by Crippen LogP contribution is 2.17. The number of ether oxygens (including phenoxy) is 1. The zero-order chi connectivity index (χ0) is 11.6. The molecule has 84 valence electrons. The van der Waals surface area contributed by atoms with Crippen molar-refractivity contribution in [2.45, 2.75) is 26.3 Å². The molecule has 0 atom stereocenters. The zero-order valence-electron chi connectivity index (χ0n) is 10.0. The van der Waals surface area contributed by atoms with Crippen molar-refractivity contribution in [2.24, 2.45) is 4.99 Å². The molecule has 0 aromatic heterocycles. The van der Waals surface area contributed by atoms with Crippen LogP contribution < -0.4 is 0 Å². The summed E-state index contributed by atoms with van der Waals surface area (Å²) >= 11 is 0. The van der Waals surface area contributed by atoms with Gasteiger partial charge in [0, 0.05) is 6.08 Å². The van der Waals surface area contributed by atoms with Crippen LogP contribution in [-0.2, 0) is 4.74 Å². The van der Waals surface area contributed by atoms with Gasteiger partial charge in [-0.15, -0.1) is 0 Å². The molecule has 2 heteroatoms. The van der Waals surface area contributed by atoms with Gasteiger partial charge in [-0.1, -0.05) is 29.8 Å². The molecular formula is C14H17NO. The summed E-state index contributed by atoms with van der Waals surface area (Å²) in [6.07, 6.45) is 3.96. The lowest BCUT2D eigenvalue weighted by Crippen LogP contribution is -2.17. The van der Waals surface area contributed by atoms with Gasteiger partial charge in [0.15, 0.2) is 0 Å². The van der Waals surface area contributed by atoms with Gasteiger partial charge in [0.25, 0.3) is 0 Å². The summed E-state index contributed by atoms with van der Waals surface area (Å²) in [5.74, 6) is 0.727. The van der Waals surface area contributed by atoms with E-state index in [0.29, 0.717) is 6.61 Å². The van der Waals surface area contributed by atoms with Crippen molar-refractivity contribution in [3.63, 3.8) is 0 Å². The largest absolute Gasteiger partial charge is 0.475 e. The molecule has 1 aliphatic rings. The third-order valence-electron chi connectivity index (χ3n) is 2.48. The van der Waals surface area contributed by atoms with Crippen LogP contribution in [0.25, 0.3) is 6.08 Å². The number of aryl methyl sites for hydroxylation is 1. The molecule has 0 fully saturated rings. The first kappa shape index (κ1) is 10.9. The molecule has 0 saturated heterocycles. The van der Waals surface area contributed by atoms with Gasteiger partial charge in [0.1, 0.15) is 6.61 Å². The van der Waals surface area contributed by atoms with Gasteiger partial charge in [0.2, 0.25) is 5.90 Å². The standard InChI is InChI=1S/C14H17NO/c1-11-4-6-12(7-5-11)8-9-13-15-14(2,3)10-16-13/h4-9H,10H2,1-3H3/b9-8-. The minimum Gasteiger partial charge on any atom is -0.475 e. The Labute approximate surface area is 96.7 Å². The van der Waals surface area contributed by atoms with E-state index in [1.54, 1.807) is 0 Å². The number of aliphatic imine (C=N–C) groups is 1. The van der Waals surface area contributed by atoms with E-state index in [2.05, 4.69) is 50.0 Å². The van der Waals surface area contributed by atoms with E-state index in [1.165, 1.54) is 11.1 Å². The summed E-state index contributed by atoms with van der Waals surface area (Å²) in [6, 6.07) is 8.38. The highest BCUT2D eigenvalue weighted by molar-refractivity contribution is 5.93. The maximum absolute atomic E-state index is 5.48. The zero-order valence-corrected chi connectivity index (χ0v) is 10.0. The molecule has 1 heterocycles. The molecule has 0 amide bonds. The molecule has 2 rings (SSSR count). The number of rotatable bonds is 2. The second kappa shape index (κ2) is 4.12. The Balaban J connectivity index is 2.08. The van der Waals surface area contributed by atoms with Crippen LogP contribution in [0.5, 0.6) is 0 Å². The van der Waals surface area contributed by atoms with Gasteiger partial charge >= 0.3 is 0 Å². The molecule has 1 aromatic rings. The summed E-state index contributed by atoms with van der Waals surface area (Å²) in [5, 5.41) is 0. The quantitative estimate of drug-likeness (QED) is 0.742. The summed E-state index contributed by atoms with van der Waals surface area (Å²) in [6.45, 7) is 6.89. The van der Waals surface area contributed by atoms with E-state index in [4.69, 9.17) is 4.74 Å². The lowest BCUT2D eigenvalue weighted by molar-refractivity contribution is 0.280. The monoisotopic (exact) mass is 215 g/mol. The normalized spacial score (nSPS) is 18.6. The molecule has 0 bridgehead atoms. The lowest BCUT2D eigenvalue weighted by atomic mass is 10.1. The molecule has 0 saturated carbocycles. The van der Waals surface area contributed by atoms with Crippen LogP contribution >= 0.6 is 0 Å². The van der Waals surface area contributed by atoms with Crippen LogP contribution in [0.2, 0.25) is 0 Å². The van der Waals surface area contributed by atoms with E-state index in [1.807, 2.05) is 12.2 Å². The number of nitrogens with zero attached hydrogens (tertiary/aromatic N) is 1. The minimum absolute atomic E-state index is 0.0764. The van der Waals surface area contributed by atoms with Gasteiger partial charge in [0.05, 0.1) is 5.54 Å². The summed E-state index contributed by atoms with van der Waals surface area (Å²) < 4.78 is 5.48. The van der Waals surface area contributed by atoms with E-state index >= 15 is 0 Å². The molecule has 0 unspecified atom stereocenters. The topological polar surface area (TPSA) is 21.6 Å². The Morgan fingerprint density at radius 3 is 2.44 bits per heavy atom. The smallest absolute Gasteiger partial charge is 0.209 e. The molecule has 0 radical (unpaired) electrons. The van der Waals surface area contributed by atoms with E-state index in [9.17, 15) is 0 Å². The predicted octanol–water partition coefficient (Wildman–Crippen LogP) is 3.22. The number of hydrogen-bond acceptors (Lipinski definition) is 2. The van der Waals surface area contributed by atoms with Crippen LogP contribution in [0.15, 0.2) is 35.3 Å². The Morgan fingerprint density at radius 2 is 1.88 bits per heavy atom. The fourth-order valence-electron chi connectivity index (χ4n) is 1.54. The van der Waals surface area contributed by atoms with Gasteiger partial charge in [-0.25, -0.2) is 4.99 Å². The Hall–Kier alpha value is -1.57. The molecule has 16 heavy (non-hydrogen) atoms. The molecule has 0 N–H and O–H groups in total. The Morgan fingerprint density at radius 1 is 1.19 bits per heavy atom. The second-order valence-corrected chi connectivity index (χ2v) is 4.80. The maximum Gasteiger partial charge on any atom is 0.209 e. The van der Waals surface area contributed by atoms with Gasteiger partial charge in [-0.2, -0.15) is 0 Å². The van der Waals surface area contributed by atoms with Gasteiger partial charge in [-0.3, -0.25) is 0 Å². The third-order valence-corrected chi connectivity index (χ3v) is 2.48. The summed E-state index contributed by atoms with van der Waals surface area (Å²) in [4.78, 5) is 4.46. The fourth-order valence-corrected chi connectivity index (χ4v) is 1.54. The van der Waals surface area contributed by atoms with E-state index in [-0.39, 0.29) is 5.54 Å².